The summed E-state index contributed by atoms with van der Waals surface area (Å²) in [7, 11) is 3.08. The zero-order valence-corrected chi connectivity index (χ0v) is 16.3. The van der Waals surface area contributed by atoms with E-state index in [2.05, 4.69) is 10.6 Å². The van der Waals surface area contributed by atoms with Gasteiger partial charge in [-0.15, -0.1) is 11.8 Å². The fourth-order valence-corrected chi connectivity index (χ4v) is 3.12. The van der Waals surface area contributed by atoms with Crippen LogP contribution in [0.1, 0.15) is 10.4 Å². The fourth-order valence-electron chi connectivity index (χ4n) is 2.49. The number of methoxy groups -OCH3 is 2. The molecule has 2 aromatic rings. The van der Waals surface area contributed by atoms with Gasteiger partial charge in [0, 0.05) is 28.5 Å². The Morgan fingerprint density at radius 2 is 1.79 bits per heavy atom. The van der Waals surface area contributed by atoms with Crippen molar-refractivity contribution >= 4 is 35.0 Å². The first-order valence-electron chi connectivity index (χ1n) is 8.50. The monoisotopic (exact) mass is 400 g/mol. The summed E-state index contributed by atoms with van der Waals surface area (Å²) in [6, 6.07) is 11.7. The smallest absolute Gasteiger partial charge is 0.291 e. The number of carbonyl (C=O) groups excluding carboxylic acids is 2. The quantitative estimate of drug-likeness (QED) is 0.772. The molecular weight excluding hydrogens is 380 g/mol. The van der Waals surface area contributed by atoms with Crippen molar-refractivity contribution < 1.29 is 23.8 Å². The van der Waals surface area contributed by atoms with Gasteiger partial charge in [-0.2, -0.15) is 0 Å². The van der Waals surface area contributed by atoms with Crippen LogP contribution in [0.4, 0.5) is 11.4 Å². The summed E-state index contributed by atoms with van der Waals surface area (Å²) in [4.78, 5) is 24.7. The minimum Gasteiger partial charge on any atom is -0.497 e. The molecule has 0 aromatic heterocycles. The molecule has 2 N–H and O–H groups in total. The van der Waals surface area contributed by atoms with Crippen LogP contribution in [0.15, 0.2) is 53.6 Å². The second-order valence-corrected chi connectivity index (χ2v) is 6.73. The minimum absolute atomic E-state index is 0.295. The molecule has 1 heterocycles. The second-order valence-electron chi connectivity index (χ2n) is 5.75. The lowest BCUT2D eigenvalue weighted by Gasteiger charge is -2.14. The maximum absolute atomic E-state index is 12.5. The Hall–Kier alpha value is -3.13. The first kappa shape index (κ1) is 19.6. The van der Waals surface area contributed by atoms with Gasteiger partial charge < -0.3 is 24.8 Å². The molecule has 1 aliphatic heterocycles. The van der Waals surface area contributed by atoms with Crippen LogP contribution in [0.5, 0.6) is 11.5 Å². The summed E-state index contributed by atoms with van der Waals surface area (Å²) in [5.74, 6) is 1.63. The number of nitrogens with one attached hydrogen (secondary N) is 2. The third-order valence-electron chi connectivity index (χ3n) is 3.93. The lowest BCUT2D eigenvalue weighted by Crippen LogP contribution is -2.19. The van der Waals surface area contributed by atoms with Gasteiger partial charge in [-0.05, 0) is 36.4 Å². The average molecular weight is 400 g/mol. The molecule has 146 valence electrons. The molecule has 7 nitrogen and oxygen atoms in total. The molecule has 0 fully saturated rings. The van der Waals surface area contributed by atoms with E-state index in [1.165, 1.54) is 18.9 Å². The normalized spacial score (nSPS) is 13.0. The van der Waals surface area contributed by atoms with Crippen LogP contribution in [-0.4, -0.2) is 38.4 Å². The fraction of sp³-hybridized carbons (Fsp3) is 0.200. The molecular formula is C20H20N2O5S. The van der Waals surface area contributed by atoms with Crippen LogP contribution >= 0.6 is 11.8 Å². The van der Waals surface area contributed by atoms with Gasteiger partial charge in [0.25, 0.3) is 11.8 Å². The third-order valence-corrected chi connectivity index (χ3v) is 4.72. The van der Waals surface area contributed by atoms with Crippen LogP contribution in [-0.2, 0) is 9.53 Å². The molecule has 0 saturated heterocycles. The van der Waals surface area contributed by atoms with E-state index in [9.17, 15) is 9.59 Å². The van der Waals surface area contributed by atoms with Crippen molar-refractivity contribution in [1.29, 1.82) is 0 Å². The van der Waals surface area contributed by atoms with Crippen molar-refractivity contribution in [2.45, 2.75) is 0 Å². The highest BCUT2D eigenvalue weighted by Gasteiger charge is 2.15. The van der Waals surface area contributed by atoms with E-state index in [-0.39, 0.29) is 11.8 Å². The Kier molecular flexibility index (Phi) is 6.44. The zero-order chi connectivity index (χ0) is 19.9. The Morgan fingerprint density at radius 3 is 2.43 bits per heavy atom. The van der Waals surface area contributed by atoms with E-state index < -0.39 is 0 Å². The molecule has 0 atom stereocenters. The van der Waals surface area contributed by atoms with Crippen LogP contribution in [0.2, 0.25) is 0 Å². The van der Waals surface area contributed by atoms with Crippen molar-refractivity contribution in [3.63, 3.8) is 0 Å². The summed E-state index contributed by atoms with van der Waals surface area (Å²) < 4.78 is 15.8. The van der Waals surface area contributed by atoms with Crippen LogP contribution in [0.3, 0.4) is 0 Å². The Labute approximate surface area is 167 Å². The first-order chi connectivity index (χ1) is 13.6. The summed E-state index contributed by atoms with van der Waals surface area (Å²) in [5, 5.41) is 7.24. The number of ether oxygens (including phenoxy) is 3. The molecule has 0 radical (unpaired) electrons. The molecule has 0 bridgehead atoms. The van der Waals surface area contributed by atoms with Gasteiger partial charge in [0.2, 0.25) is 0 Å². The van der Waals surface area contributed by atoms with Gasteiger partial charge in [-0.25, -0.2) is 0 Å². The van der Waals surface area contributed by atoms with Crippen molar-refractivity contribution in [2.75, 3.05) is 37.2 Å². The summed E-state index contributed by atoms with van der Waals surface area (Å²) in [5.41, 5.74) is 1.51. The van der Waals surface area contributed by atoms with E-state index in [0.717, 1.165) is 5.75 Å². The number of carbonyl (C=O) groups is 2. The first-order valence-corrected chi connectivity index (χ1v) is 9.55. The van der Waals surface area contributed by atoms with Gasteiger partial charge in [0.1, 0.15) is 11.5 Å². The number of thioether (sulfide) groups is 1. The second kappa shape index (κ2) is 9.18. The summed E-state index contributed by atoms with van der Waals surface area (Å²) >= 11 is 1.53. The number of benzene rings is 2. The third kappa shape index (κ3) is 4.77. The standard InChI is InChI=1S/C20H20N2O5S/c1-25-15-7-8-17(26-2)16(11-15)22-19(23)13-3-5-14(6-4-13)21-20(24)18-12-28-10-9-27-18/h3-8,11-12H,9-10H2,1-2H3,(H,21,24)(H,22,23). The van der Waals surface area contributed by atoms with Gasteiger partial charge in [-0.1, -0.05) is 0 Å². The van der Waals surface area contributed by atoms with Crippen molar-refractivity contribution in [3.05, 3.63) is 59.2 Å². The van der Waals surface area contributed by atoms with Gasteiger partial charge in [-0.3, -0.25) is 9.59 Å². The minimum atomic E-state index is -0.314. The number of amides is 2. The molecule has 2 aromatic carbocycles. The molecule has 8 heteroatoms. The predicted molar refractivity (Wildman–Crippen MR) is 109 cm³/mol. The van der Waals surface area contributed by atoms with Gasteiger partial charge >= 0.3 is 0 Å². The molecule has 1 aliphatic rings. The van der Waals surface area contributed by atoms with Crippen molar-refractivity contribution in [2.24, 2.45) is 0 Å². The van der Waals surface area contributed by atoms with Crippen molar-refractivity contribution in [3.8, 4) is 11.5 Å². The largest absolute Gasteiger partial charge is 0.497 e. The summed E-state index contributed by atoms with van der Waals surface area (Å²) in [6.45, 7) is 0.511. The molecule has 0 aliphatic carbocycles. The van der Waals surface area contributed by atoms with E-state index in [4.69, 9.17) is 14.2 Å². The molecule has 0 spiro atoms. The number of hydrogen-bond donors (Lipinski definition) is 2. The van der Waals surface area contributed by atoms with Gasteiger partial charge in [0.15, 0.2) is 5.76 Å². The average Bonchev–Trinajstić information content (AvgIpc) is 2.74. The molecule has 28 heavy (non-hydrogen) atoms. The Morgan fingerprint density at radius 1 is 1.00 bits per heavy atom. The maximum Gasteiger partial charge on any atom is 0.291 e. The molecule has 2 amide bonds. The highest BCUT2D eigenvalue weighted by Crippen LogP contribution is 2.29. The number of hydrogen-bond acceptors (Lipinski definition) is 6. The predicted octanol–water partition coefficient (Wildman–Crippen LogP) is 3.50. The summed E-state index contributed by atoms with van der Waals surface area (Å²) in [6.07, 6.45) is 0. The maximum atomic E-state index is 12.5. The highest BCUT2D eigenvalue weighted by atomic mass is 32.2. The van der Waals surface area contributed by atoms with E-state index in [0.29, 0.717) is 40.8 Å². The van der Waals surface area contributed by atoms with E-state index >= 15 is 0 Å². The Balaban J connectivity index is 1.67. The van der Waals surface area contributed by atoms with Crippen LogP contribution in [0, 0.1) is 0 Å². The lowest BCUT2D eigenvalue weighted by atomic mass is 10.2. The lowest BCUT2D eigenvalue weighted by molar-refractivity contribution is -0.116. The van der Waals surface area contributed by atoms with Crippen LogP contribution in [0.25, 0.3) is 0 Å². The number of rotatable bonds is 6. The van der Waals surface area contributed by atoms with Gasteiger partial charge in [0.05, 0.1) is 26.5 Å². The highest BCUT2D eigenvalue weighted by molar-refractivity contribution is 8.02. The molecule has 0 saturated carbocycles. The topological polar surface area (TPSA) is 85.9 Å². The van der Waals surface area contributed by atoms with Crippen LogP contribution < -0.4 is 20.1 Å². The Bertz CT molecular complexity index is 896. The zero-order valence-electron chi connectivity index (χ0n) is 15.5. The molecule has 3 rings (SSSR count). The van der Waals surface area contributed by atoms with E-state index in [1.807, 2.05) is 0 Å². The SMILES string of the molecule is COc1ccc(OC)c(NC(=O)c2ccc(NC(=O)C3=CSCCO3)cc2)c1. The molecule has 0 unspecified atom stereocenters. The van der Waals surface area contributed by atoms with Crippen molar-refractivity contribution in [1.82, 2.24) is 0 Å². The number of anilines is 2. The van der Waals surface area contributed by atoms with E-state index in [1.54, 1.807) is 55.0 Å².